The van der Waals surface area contributed by atoms with Gasteiger partial charge in [0.05, 0.1) is 12.7 Å². The molecule has 0 bridgehead atoms. The number of hydrogen-bond acceptors (Lipinski definition) is 10. The van der Waals surface area contributed by atoms with Crippen LogP contribution in [0.4, 0.5) is 0 Å². The minimum atomic E-state index is -5.59. The van der Waals surface area contributed by atoms with E-state index in [1.165, 1.54) is 10.8 Å². The topological polar surface area (TPSA) is 178 Å². The lowest BCUT2D eigenvalue weighted by atomic mass is 9.96. The van der Waals surface area contributed by atoms with E-state index in [2.05, 4.69) is 31.0 Å². The van der Waals surface area contributed by atoms with Crippen molar-refractivity contribution in [2.24, 2.45) is 0 Å². The van der Waals surface area contributed by atoms with Crippen LogP contribution in [0.1, 0.15) is 24.3 Å². The van der Waals surface area contributed by atoms with E-state index in [0.717, 1.165) is 11.3 Å². The largest absolute Gasteiger partial charge is 0.490 e. The van der Waals surface area contributed by atoms with Gasteiger partial charge in [-0.1, -0.05) is 58.8 Å². The zero-order valence-electron chi connectivity index (χ0n) is 17.1. The van der Waals surface area contributed by atoms with E-state index in [9.17, 15) is 23.5 Å². The highest BCUT2D eigenvalue weighted by molar-refractivity contribution is 14.1. The zero-order valence-corrected chi connectivity index (χ0v) is 23.6. The van der Waals surface area contributed by atoms with Gasteiger partial charge < -0.3 is 29.0 Å². The van der Waals surface area contributed by atoms with Gasteiger partial charge in [-0.25, -0.2) is 13.7 Å². The van der Waals surface area contributed by atoms with Gasteiger partial charge in [-0.15, -0.1) is 0 Å². The molecule has 6 unspecified atom stereocenters. The maximum absolute atomic E-state index is 12.1. The number of phosphoric ester groups is 1. The van der Waals surface area contributed by atoms with Crippen LogP contribution in [0.2, 0.25) is 0 Å². The fraction of sp³-hybridized carbons (Fsp3) is 0.571. The van der Waals surface area contributed by atoms with E-state index >= 15 is 0 Å². The Morgan fingerprint density at radius 3 is 2.39 bits per heavy atom. The first-order valence-corrected chi connectivity index (χ1v) is 17.8. The molecule has 0 spiro atoms. The highest BCUT2D eigenvalue weighted by atomic mass is 127. The van der Waals surface area contributed by atoms with Crippen molar-refractivity contribution in [3.8, 4) is 0 Å². The molecule has 1 aliphatic rings. The molecule has 12 nitrogen and oxygen atoms in total. The maximum Gasteiger partial charge on any atom is 0.490 e. The van der Waals surface area contributed by atoms with Crippen LogP contribution in [0.5, 0.6) is 0 Å². The van der Waals surface area contributed by atoms with Gasteiger partial charge in [-0.3, -0.25) is 4.52 Å². The molecule has 1 aromatic rings. The smallest absolute Gasteiger partial charge is 0.377 e. The van der Waals surface area contributed by atoms with Gasteiger partial charge in [-0.2, -0.15) is 31.0 Å². The molecule has 2 rings (SSSR count). The number of ether oxygens (including phenoxy) is 2. The van der Waals surface area contributed by atoms with Crippen molar-refractivity contribution in [3.63, 3.8) is 0 Å². The third-order valence-corrected chi connectivity index (χ3v) is 11.3. The molecule has 188 valence electrons. The number of hydrogen-bond donors (Lipinski definition) is 4. The van der Waals surface area contributed by atoms with E-state index in [4.69, 9.17) is 23.8 Å². The van der Waals surface area contributed by atoms with Crippen LogP contribution in [0.15, 0.2) is 30.3 Å². The lowest BCUT2D eigenvalue weighted by Gasteiger charge is -2.25. The number of halogens is 1. The molecule has 0 aromatic heterocycles. The highest BCUT2D eigenvalue weighted by Gasteiger charge is 2.43. The Labute approximate surface area is 212 Å². The van der Waals surface area contributed by atoms with Crippen molar-refractivity contribution in [1.29, 1.82) is 0 Å². The fourth-order valence-corrected chi connectivity index (χ4v) is 8.28. The molecule has 1 fully saturated rings. The molecule has 0 radical (unpaired) electrons. The van der Waals surface area contributed by atoms with Crippen LogP contribution in [0.3, 0.4) is 0 Å². The number of phosphoric acid groups is 3. The van der Waals surface area contributed by atoms with Crippen LogP contribution in [0, 0.1) is 0 Å². The van der Waals surface area contributed by atoms with Gasteiger partial charge in [0.15, 0.2) is 0 Å². The van der Waals surface area contributed by atoms with Gasteiger partial charge in [0.1, 0.15) is 11.5 Å². The lowest BCUT2D eigenvalue weighted by Crippen LogP contribution is -2.29. The molecule has 0 saturated carbocycles. The van der Waals surface area contributed by atoms with Gasteiger partial charge in [0, 0.05) is 11.8 Å². The third kappa shape index (κ3) is 11.3. The Morgan fingerprint density at radius 2 is 1.82 bits per heavy atom. The Balaban J connectivity index is 2.06. The summed E-state index contributed by atoms with van der Waals surface area (Å²) in [6.07, 6.45) is -0.867. The van der Waals surface area contributed by atoms with Gasteiger partial charge in [-0.05, 0) is 12.0 Å². The fourth-order valence-electron chi connectivity index (χ4n) is 2.72. The molecule has 1 saturated heterocycles. The highest BCUT2D eigenvalue weighted by Crippen LogP contribution is 2.66. The summed E-state index contributed by atoms with van der Waals surface area (Å²) < 4.78 is 58.6. The third-order valence-electron chi connectivity index (χ3n) is 3.91. The van der Waals surface area contributed by atoms with E-state index in [0.29, 0.717) is 11.6 Å². The summed E-state index contributed by atoms with van der Waals surface area (Å²) in [6, 6.07) is 9.27. The first-order valence-electron chi connectivity index (χ1n) is 9.32. The van der Waals surface area contributed by atoms with Crippen molar-refractivity contribution < 1.29 is 55.9 Å². The van der Waals surface area contributed by atoms with Crippen LogP contribution in [-0.4, -0.2) is 55.3 Å². The predicted octanol–water partition coefficient (Wildman–Crippen LogP) is 3.72. The Kier molecular flexibility index (Phi) is 12.4. The average molecular weight is 678 g/mol. The predicted molar refractivity (Wildman–Crippen MR) is 134 cm³/mol. The number of benzene rings is 1. The minimum absolute atomic E-state index is 0.217. The summed E-state index contributed by atoms with van der Waals surface area (Å²) in [7, 11) is -13.2. The van der Waals surface area contributed by atoms with Crippen molar-refractivity contribution in [3.05, 3.63) is 35.9 Å². The normalized spacial score (nSPS) is 25.8. The molecule has 4 N–H and O–H groups in total. The molecule has 0 amide bonds. The second-order valence-corrected chi connectivity index (χ2v) is 14.5. The first kappa shape index (κ1) is 30.3. The summed E-state index contributed by atoms with van der Waals surface area (Å²) >= 11 is 2.13. The Hall–Kier alpha value is 1.04. The Morgan fingerprint density at radius 1 is 1.15 bits per heavy atom. The molecule has 6 atom stereocenters. The molecule has 1 aromatic carbocycles. The molecule has 1 heterocycles. The zero-order chi connectivity index (χ0) is 24.7. The maximum atomic E-state index is 12.1. The van der Waals surface area contributed by atoms with Crippen molar-refractivity contribution in [2.45, 2.75) is 37.0 Å². The molecule has 33 heavy (non-hydrogen) atoms. The summed E-state index contributed by atoms with van der Waals surface area (Å²) in [5.41, 5.74) is 0.569. The van der Waals surface area contributed by atoms with Crippen LogP contribution in [0.25, 0.3) is 0 Å². The Bertz CT molecular complexity index is 895. The summed E-state index contributed by atoms with van der Waals surface area (Å²) in [6.45, 7) is 1.46. The van der Waals surface area contributed by atoms with Crippen molar-refractivity contribution in [1.82, 2.24) is 0 Å². The van der Waals surface area contributed by atoms with E-state index in [1.807, 2.05) is 37.3 Å². The SMILES string of the molecule is CCSSC(OC1CC(BI)OC1COP(=O)(O)OP(=O)(O)OP(=O)(O)O)c1ccccc1. The van der Waals surface area contributed by atoms with Gasteiger partial charge >= 0.3 is 23.5 Å². The monoisotopic (exact) mass is 678 g/mol. The standard InChI is InChI=1S/C14H23BIO12P3S2/c1-2-32-33-14(10-6-4-3-5-7-10)26-11-8-13(15-16)25-12(11)9-24-30(20,21)28-31(22,23)27-29(17,18)19/h3-7,11-15H,2,8-9H2,1H3,(H,20,21)(H,22,23)(H2,17,18,19). The number of rotatable bonds is 14. The molecule has 1 aliphatic heterocycles. The van der Waals surface area contributed by atoms with Crippen molar-refractivity contribution in [2.75, 3.05) is 12.4 Å². The van der Waals surface area contributed by atoms with E-state index in [-0.39, 0.29) is 11.4 Å². The van der Waals surface area contributed by atoms with Crippen LogP contribution >= 0.6 is 67.4 Å². The van der Waals surface area contributed by atoms with Crippen LogP contribution in [-0.2, 0) is 36.3 Å². The first-order chi connectivity index (χ1) is 15.3. The second kappa shape index (κ2) is 13.5. The molecule has 0 aliphatic carbocycles. The average Bonchev–Trinajstić information content (AvgIpc) is 3.09. The van der Waals surface area contributed by atoms with Crippen molar-refractivity contribution >= 4 is 72.6 Å². The summed E-state index contributed by atoms with van der Waals surface area (Å²) in [5, 5.41) is 0.621. The van der Waals surface area contributed by atoms with Gasteiger partial charge in [0.25, 0.3) is 0 Å². The molecular formula is C14H23BIO12P3S2. The summed E-state index contributed by atoms with van der Waals surface area (Å²) in [5.74, 6) is 0.852. The quantitative estimate of drug-likeness (QED) is 0.0736. The minimum Gasteiger partial charge on any atom is -0.377 e. The summed E-state index contributed by atoms with van der Waals surface area (Å²) in [4.78, 5) is 36.2. The molecular weight excluding hydrogens is 655 g/mol. The van der Waals surface area contributed by atoms with Crippen LogP contribution < -0.4 is 0 Å². The second-order valence-electron chi connectivity index (χ2n) is 6.49. The van der Waals surface area contributed by atoms with E-state index in [1.54, 1.807) is 10.8 Å². The molecule has 19 heteroatoms. The lowest BCUT2D eigenvalue weighted by molar-refractivity contribution is -0.0447. The van der Waals surface area contributed by atoms with Gasteiger partial charge in [0.2, 0.25) is 5.14 Å². The van der Waals surface area contributed by atoms with E-state index < -0.39 is 42.3 Å².